The number of aliphatic hydroxyl groups excluding tert-OH is 4. The number of phosphoric acid groups is 2. The molecule has 438 valence electrons. The maximum absolute atomic E-state index is 12.9. The Balaban J connectivity index is 1.83. The summed E-state index contributed by atoms with van der Waals surface area (Å²) in [6, 6.07) is 1.24. The number of nitrogens with zero attached hydrogens (tertiary/aromatic N) is 2. The number of hydrogen-bond acceptors (Lipinski definition) is 17. The number of hydrogen-bond donors (Lipinski definition) is 7. The van der Waals surface area contributed by atoms with Crippen LogP contribution in [0.25, 0.3) is 0 Å². The zero-order chi connectivity index (χ0) is 56.7. The summed E-state index contributed by atoms with van der Waals surface area (Å²) < 4.78 is 56.8. The predicted molar refractivity (Wildman–Crippen MR) is 296 cm³/mol. The monoisotopic (exact) mass is 1130 g/mol. The van der Waals surface area contributed by atoms with Crippen LogP contribution in [0.15, 0.2) is 90.0 Å². The van der Waals surface area contributed by atoms with Crippen LogP contribution in [-0.2, 0) is 46.3 Å². The third-order valence-corrected chi connectivity index (χ3v) is 14.8. The van der Waals surface area contributed by atoms with Gasteiger partial charge in [0.15, 0.2) is 12.3 Å². The molecule has 1 aliphatic rings. The fourth-order valence-electron chi connectivity index (χ4n) is 7.88. The van der Waals surface area contributed by atoms with E-state index in [2.05, 4.69) is 23.1 Å². The normalized spacial score (nSPS) is 20.1. The maximum atomic E-state index is 12.9. The highest BCUT2D eigenvalue weighted by Gasteiger charge is 2.46. The van der Waals surface area contributed by atoms with Crippen LogP contribution in [0.5, 0.6) is 0 Å². The first kappa shape index (κ1) is 69.2. The molecule has 0 spiro atoms. The van der Waals surface area contributed by atoms with Gasteiger partial charge in [0.25, 0.3) is 0 Å². The Morgan fingerprint density at radius 1 is 0.727 bits per heavy atom. The number of unbranched alkanes of at least 4 members (excludes halogenated alkanes) is 14. The Kier molecular flexibility index (Phi) is 37.0. The van der Waals surface area contributed by atoms with Crippen molar-refractivity contribution in [2.75, 3.05) is 25.6 Å². The maximum Gasteiger partial charge on any atom is 0.481 e. The molecular weight excluding hydrogens is 1040 g/mol. The first-order valence-corrected chi connectivity index (χ1v) is 30.5. The molecule has 77 heavy (non-hydrogen) atoms. The molecule has 2 rings (SSSR count). The Hall–Kier alpha value is -3.88. The van der Waals surface area contributed by atoms with E-state index in [0.29, 0.717) is 32.1 Å². The lowest BCUT2D eigenvalue weighted by atomic mass is 10.0. The fourth-order valence-corrected chi connectivity index (χ4v) is 9.99. The first-order chi connectivity index (χ1) is 36.8. The van der Waals surface area contributed by atoms with Gasteiger partial charge in [-0.25, -0.2) is 13.9 Å². The number of ether oxygens (including phenoxy) is 3. The van der Waals surface area contributed by atoms with Gasteiger partial charge in [0.05, 0.1) is 25.4 Å². The number of nitrogens with two attached hydrogens (primary N) is 1. The summed E-state index contributed by atoms with van der Waals surface area (Å²) in [5.74, 6) is -0.684. The number of allylic oxidation sites excluding steroid dienone is 8. The largest absolute Gasteiger partial charge is 0.481 e. The minimum absolute atomic E-state index is 0.0115. The standard InChI is InChI=1S/C55H91N3O17P2/c1-4-5-25-33-45(59)35-28-23-24-29-36-46(60)34-27-20-17-18-21-30-37-50(61)70-41-47(73-51(62)38-31-22-16-14-12-10-8-6-7-9-11-13-15-19-26-32-44(2)3)42-71-76(66,67)75-77(68,69)72-43-48-52(63)53(64)54(74-48)58-40-39-49(56)57-55(58)65/h5,18,20-21,23-25,27-29,35-36,39-40,44-48,52-54,59-60,63-64H,4,6-17,19,22,26,30-34,37-38,41-43H2,1-3H3,(H,66,67)(H,68,69)(H2,56,57,65)/b21-18-,24-23-,25-5-,27-20-,35-28+,36-29+/t45-,46+,47-,48-,52-,53-,54-/m1/s1. The van der Waals surface area contributed by atoms with Gasteiger partial charge < -0.3 is 50.2 Å². The van der Waals surface area contributed by atoms with Crippen molar-refractivity contribution in [1.29, 1.82) is 0 Å². The molecule has 9 atom stereocenters. The molecule has 8 N–H and O–H groups in total. The van der Waals surface area contributed by atoms with Gasteiger partial charge >= 0.3 is 33.3 Å². The molecule has 0 radical (unpaired) electrons. The van der Waals surface area contributed by atoms with Crippen molar-refractivity contribution in [3.8, 4) is 0 Å². The molecule has 0 bridgehead atoms. The van der Waals surface area contributed by atoms with Crippen LogP contribution in [-0.4, -0.2) is 108 Å². The minimum atomic E-state index is -5.46. The fraction of sp³-hybridized carbons (Fsp3) is 0.673. The number of anilines is 1. The number of esters is 2. The molecule has 2 unspecified atom stereocenters. The lowest BCUT2D eigenvalue weighted by molar-refractivity contribution is -0.161. The summed E-state index contributed by atoms with van der Waals surface area (Å²) in [6.45, 7) is 4.13. The van der Waals surface area contributed by atoms with E-state index in [1.165, 1.54) is 76.7 Å². The SMILES string of the molecule is CC/C=C\C[C@@H](O)/C=C/C=C\C=C\[C@@H](O)C/C=C\C/C=C\CCC(=O)OC[C@H](COP(=O)(O)OP(=O)(O)OC[C@H]1O[C@@H](n2ccc(N)nc2=O)[C@H](O)[C@@H]1O)OC(=O)CCCCCCCCCCCCCCCCCC(C)C. The summed E-state index contributed by atoms with van der Waals surface area (Å²) in [6.07, 6.45) is 34.8. The lowest BCUT2D eigenvalue weighted by Crippen LogP contribution is -2.36. The van der Waals surface area contributed by atoms with Gasteiger partial charge in [0, 0.05) is 19.0 Å². The molecule has 22 heteroatoms. The smallest absolute Gasteiger partial charge is 0.462 e. The van der Waals surface area contributed by atoms with Crippen LogP contribution in [0.3, 0.4) is 0 Å². The van der Waals surface area contributed by atoms with Gasteiger partial charge in [-0.2, -0.15) is 9.29 Å². The average Bonchev–Trinajstić information content (AvgIpc) is 3.65. The van der Waals surface area contributed by atoms with Crippen molar-refractivity contribution in [3.63, 3.8) is 0 Å². The summed E-state index contributed by atoms with van der Waals surface area (Å²) in [5, 5.41) is 41.0. The molecule has 2 heterocycles. The van der Waals surface area contributed by atoms with E-state index < -0.39 is 95.9 Å². The van der Waals surface area contributed by atoms with Crippen LogP contribution in [0, 0.1) is 5.92 Å². The summed E-state index contributed by atoms with van der Waals surface area (Å²) in [5.41, 5.74) is 4.58. The molecule has 0 saturated carbocycles. The summed E-state index contributed by atoms with van der Waals surface area (Å²) in [4.78, 5) is 62.0. The molecule has 1 fully saturated rings. The highest BCUT2D eigenvalue weighted by atomic mass is 31.3. The number of aliphatic hydroxyl groups is 4. The second kappa shape index (κ2) is 41.2. The number of aromatic nitrogens is 2. The van der Waals surface area contributed by atoms with Crippen LogP contribution in [0.2, 0.25) is 0 Å². The van der Waals surface area contributed by atoms with E-state index in [-0.39, 0.29) is 18.7 Å². The van der Waals surface area contributed by atoms with Crippen LogP contribution in [0.4, 0.5) is 5.82 Å². The third-order valence-electron chi connectivity index (χ3n) is 12.2. The molecular formula is C55H91N3O17P2. The quantitative estimate of drug-likeness (QED) is 0.0105. The third kappa shape index (κ3) is 34.7. The van der Waals surface area contributed by atoms with Crippen LogP contribution in [0.1, 0.15) is 175 Å². The van der Waals surface area contributed by atoms with Gasteiger partial charge in [-0.05, 0) is 50.5 Å². The molecule has 1 aromatic rings. The van der Waals surface area contributed by atoms with Crippen LogP contribution >= 0.6 is 15.6 Å². The number of carbonyl (C=O) groups excluding carboxylic acids is 2. The highest BCUT2D eigenvalue weighted by molar-refractivity contribution is 7.61. The molecule has 20 nitrogen and oxygen atoms in total. The zero-order valence-electron chi connectivity index (χ0n) is 45.6. The Morgan fingerprint density at radius 3 is 1.84 bits per heavy atom. The van der Waals surface area contributed by atoms with Crippen molar-refractivity contribution in [2.45, 2.75) is 211 Å². The molecule has 0 aliphatic carbocycles. The molecule has 1 aromatic heterocycles. The minimum Gasteiger partial charge on any atom is -0.462 e. The van der Waals surface area contributed by atoms with Gasteiger partial charge in [-0.15, -0.1) is 0 Å². The van der Waals surface area contributed by atoms with Gasteiger partial charge in [-0.3, -0.25) is 23.2 Å². The van der Waals surface area contributed by atoms with Crippen molar-refractivity contribution < 1.29 is 76.5 Å². The van der Waals surface area contributed by atoms with Crippen molar-refractivity contribution in [1.82, 2.24) is 9.55 Å². The second-order valence-electron chi connectivity index (χ2n) is 19.6. The average molecular weight is 1130 g/mol. The number of nitrogen functional groups attached to an aromatic ring is 1. The molecule has 1 aliphatic heterocycles. The molecule has 0 aromatic carbocycles. The predicted octanol–water partition coefficient (Wildman–Crippen LogP) is 9.86. The van der Waals surface area contributed by atoms with Gasteiger partial charge in [-0.1, -0.05) is 190 Å². The van der Waals surface area contributed by atoms with E-state index in [4.69, 9.17) is 29.0 Å². The first-order valence-electron chi connectivity index (χ1n) is 27.5. The summed E-state index contributed by atoms with van der Waals surface area (Å²) >= 11 is 0. The van der Waals surface area contributed by atoms with Crippen LogP contribution < -0.4 is 11.4 Å². The van der Waals surface area contributed by atoms with Gasteiger partial charge in [0.1, 0.15) is 30.7 Å². The molecule has 0 amide bonds. The van der Waals surface area contributed by atoms with E-state index in [1.54, 1.807) is 42.5 Å². The lowest BCUT2D eigenvalue weighted by Gasteiger charge is -2.21. The highest BCUT2D eigenvalue weighted by Crippen LogP contribution is 2.60. The Morgan fingerprint density at radius 2 is 1.27 bits per heavy atom. The zero-order valence-corrected chi connectivity index (χ0v) is 47.4. The second-order valence-corrected chi connectivity index (χ2v) is 22.6. The van der Waals surface area contributed by atoms with Crippen molar-refractivity contribution in [3.05, 3.63) is 95.7 Å². The number of rotatable bonds is 44. The number of carbonyl (C=O) groups is 2. The Bertz CT molecular complexity index is 2130. The van der Waals surface area contributed by atoms with Crippen molar-refractivity contribution in [2.24, 2.45) is 5.92 Å². The van der Waals surface area contributed by atoms with E-state index in [0.717, 1.165) is 48.8 Å². The summed E-state index contributed by atoms with van der Waals surface area (Å²) in [7, 11) is -10.9. The van der Waals surface area contributed by atoms with E-state index in [1.807, 2.05) is 37.3 Å². The van der Waals surface area contributed by atoms with Gasteiger partial charge in [0.2, 0.25) is 0 Å². The Labute approximate surface area is 456 Å². The van der Waals surface area contributed by atoms with E-state index in [9.17, 15) is 53.7 Å². The topological polar surface area (TPSA) is 306 Å². The molecule has 1 saturated heterocycles. The van der Waals surface area contributed by atoms with Crippen molar-refractivity contribution >= 4 is 33.4 Å². The van der Waals surface area contributed by atoms with E-state index >= 15 is 0 Å². The number of phosphoric ester groups is 2.